The summed E-state index contributed by atoms with van der Waals surface area (Å²) < 4.78 is 20.5. The molecule has 0 aliphatic rings. The second kappa shape index (κ2) is 12.2. The Hall–Kier alpha value is -4.46. The molecule has 3 aromatic carbocycles. The average molecular weight is 515 g/mol. The van der Waals surface area contributed by atoms with Gasteiger partial charge in [-0.05, 0) is 60.0 Å². The van der Waals surface area contributed by atoms with E-state index in [-0.39, 0.29) is 36.5 Å². The molecule has 2 amide bonds. The SMILES string of the molecule is COc1ccc(-n2cc(-c3ccc(F)cc3)nc2NC(=O)CN(CC(C)C)C(=O)Cc2ccccc2)cc1. The molecule has 0 atom stereocenters. The van der Waals surface area contributed by atoms with E-state index < -0.39 is 0 Å². The molecule has 38 heavy (non-hydrogen) atoms. The van der Waals surface area contributed by atoms with E-state index in [1.807, 2.05) is 68.4 Å². The normalized spacial score (nSPS) is 10.9. The van der Waals surface area contributed by atoms with Gasteiger partial charge in [0, 0.05) is 24.0 Å². The van der Waals surface area contributed by atoms with E-state index in [1.165, 1.54) is 12.1 Å². The van der Waals surface area contributed by atoms with Gasteiger partial charge in [0.1, 0.15) is 11.6 Å². The third-order valence-electron chi connectivity index (χ3n) is 5.92. The van der Waals surface area contributed by atoms with Crippen molar-refractivity contribution in [3.05, 3.63) is 96.4 Å². The molecular weight excluding hydrogens is 483 g/mol. The fourth-order valence-electron chi connectivity index (χ4n) is 4.08. The lowest BCUT2D eigenvalue weighted by Gasteiger charge is -2.24. The number of halogens is 1. The minimum absolute atomic E-state index is 0.106. The van der Waals surface area contributed by atoms with Crippen molar-refractivity contribution in [2.45, 2.75) is 20.3 Å². The molecular formula is C30H31FN4O3. The summed E-state index contributed by atoms with van der Waals surface area (Å²) in [7, 11) is 1.59. The largest absolute Gasteiger partial charge is 0.497 e. The lowest BCUT2D eigenvalue weighted by atomic mass is 10.1. The lowest BCUT2D eigenvalue weighted by molar-refractivity contribution is -0.134. The van der Waals surface area contributed by atoms with Gasteiger partial charge in [-0.2, -0.15) is 0 Å². The van der Waals surface area contributed by atoms with E-state index in [2.05, 4.69) is 10.3 Å². The van der Waals surface area contributed by atoms with Crippen LogP contribution in [0.15, 0.2) is 85.1 Å². The second-order valence-electron chi connectivity index (χ2n) is 9.40. The first-order valence-corrected chi connectivity index (χ1v) is 12.4. The highest BCUT2D eigenvalue weighted by Gasteiger charge is 2.21. The molecule has 0 aliphatic heterocycles. The fourth-order valence-corrected chi connectivity index (χ4v) is 4.08. The number of rotatable bonds is 10. The van der Waals surface area contributed by atoms with Crippen molar-refractivity contribution in [1.29, 1.82) is 0 Å². The van der Waals surface area contributed by atoms with E-state index in [1.54, 1.807) is 34.9 Å². The molecule has 1 heterocycles. The molecule has 0 fully saturated rings. The third-order valence-corrected chi connectivity index (χ3v) is 5.92. The van der Waals surface area contributed by atoms with Crippen molar-refractivity contribution in [1.82, 2.24) is 14.5 Å². The highest BCUT2D eigenvalue weighted by Crippen LogP contribution is 2.26. The van der Waals surface area contributed by atoms with Crippen LogP contribution in [0.1, 0.15) is 19.4 Å². The number of aromatic nitrogens is 2. The number of methoxy groups -OCH3 is 1. The van der Waals surface area contributed by atoms with Crippen LogP contribution in [0.2, 0.25) is 0 Å². The Morgan fingerprint density at radius 3 is 2.32 bits per heavy atom. The van der Waals surface area contributed by atoms with Gasteiger partial charge in [-0.1, -0.05) is 44.2 Å². The van der Waals surface area contributed by atoms with Gasteiger partial charge in [0.15, 0.2) is 0 Å². The van der Waals surface area contributed by atoms with Crippen LogP contribution in [0.25, 0.3) is 16.9 Å². The number of anilines is 1. The number of hydrogen-bond donors (Lipinski definition) is 1. The summed E-state index contributed by atoms with van der Waals surface area (Å²) in [5.41, 5.74) is 2.91. The van der Waals surface area contributed by atoms with Crippen molar-refractivity contribution in [2.75, 3.05) is 25.5 Å². The third kappa shape index (κ3) is 6.85. The van der Waals surface area contributed by atoms with E-state index in [4.69, 9.17) is 4.74 Å². The highest BCUT2D eigenvalue weighted by atomic mass is 19.1. The van der Waals surface area contributed by atoms with Crippen LogP contribution in [0.3, 0.4) is 0 Å². The molecule has 1 N–H and O–H groups in total. The Kier molecular flexibility index (Phi) is 8.53. The van der Waals surface area contributed by atoms with E-state index >= 15 is 0 Å². The van der Waals surface area contributed by atoms with Crippen molar-refractivity contribution >= 4 is 17.8 Å². The monoisotopic (exact) mass is 514 g/mol. The minimum Gasteiger partial charge on any atom is -0.497 e. The summed E-state index contributed by atoms with van der Waals surface area (Å²) in [5, 5.41) is 2.88. The smallest absolute Gasteiger partial charge is 0.246 e. The summed E-state index contributed by atoms with van der Waals surface area (Å²) >= 11 is 0. The number of benzene rings is 3. The fraction of sp³-hybridized carbons (Fsp3) is 0.233. The van der Waals surface area contributed by atoms with E-state index in [0.717, 1.165) is 11.3 Å². The van der Waals surface area contributed by atoms with Gasteiger partial charge in [0.2, 0.25) is 17.8 Å². The summed E-state index contributed by atoms with van der Waals surface area (Å²) in [5.74, 6) is 0.346. The summed E-state index contributed by atoms with van der Waals surface area (Å²) in [6, 6.07) is 22.8. The van der Waals surface area contributed by atoms with E-state index in [0.29, 0.717) is 29.5 Å². The molecule has 1 aromatic heterocycles. The Morgan fingerprint density at radius 2 is 1.68 bits per heavy atom. The number of nitrogens with one attached hydrogen (secondary N) is 1. The Morgan fingerprint density at radius 1 is 1.00 bits per heavy atom. The number of imidazole rings is 1. The van der Waals surface area contributed by atoms with Gasteiger partial charge in [-0.3, -0.25) is 19.5 Å². The first-order valence-electron chi connectivity index (χ1n) is 12.4. The van der Waals surface area contributed by atoms with Crippen molar-refractivity contribution in [3.63, 3.8) is 0 Å². The van der Waals surface area contributed by atoms with Gasteiger partial charge < -0.3 is 9.64 Å². The van der Waals surface area contributed by atoms with Crippen LogP contribution in [0.5, 0.6) is 5.75 Å². The topological polar surface area (TPSA) is 76.5 Å². The van der Waals surface area contributed by atoms with Crippen molar-refractivity contribution in [3.8, 4) is 22.7 Å². The number of carbonyl (C=O) groups is 2. The summed E-state index contributed by atoms with van der Waals surface area (Å²) in [4.78, 5) is 32.5. The zero-order valence-electron chi connectivity index (χ0n) is 21.7. The number of hydrogen-bond acceptors (Lipinski definition) is 4. The van der Waals surface area contributed by atoms with Crippen molar-refractivity contribution in [2.24, 2.45) is 5.92 Å². The minimum atomic E-state index is -0.363. The molecule has 0 aliphatic carbocycles. The number of carbonyl (C=O) groups excluding carboxylic acids is 2. The maximum absolute atomic E-state index is 13.5. The van der Waals surface area contributed by atoms with Crippen LogP contribution < -0.4 is 10.1 Å². The van der Waals surface area contributed by atoms with Crippen molar-refractivity contribution < 1.29 is 18.7 Å². The lowest BCUT2D eigenvalue weighted by Crippen LogP contribution is -2.41. The van der Waals surface area contributed by atoms with Gasteiger partial charge >= 0.3 is 0 Å². The zero-order valence-corrected chi connectivity index (χ0v) is 21.7. The zero-order chi connectivity index (χ0) is 27.1. The standard InChI is InChI=1S/C30H31FN4O3/c1-21(2)18-34(29(37)17-22-7-5-4-6-8-22)20-28(36)33-30-32-27(23-9-11-24(31)12-10-23)19-35(30)25-13-15-26(38-3)16-14-25/h4-16,19,21H,17-18,20H2,1-3H3,(H,32,33,36). The molecule has 4 aromatic rings. The highest BCUT2D eigenvalue weighted by molar-refractivity contribution is 5.94. The molecule has 196 valence electrons. The number of ether oxygens (including phenoxy) is 1. The van der Waals surface area contributed by atoms with Gasteiger partial charge in [0.25, 0.3) is 0 Å². The molecule has 0 saturated carbocycles. The average Bonchev–Trinajstić information content (AvgIpc) is 3.32. The molecule has 0 radical (unpaired) electrons. The van der Waals surface area contributed by atoms with Crippen LogP contribution in [-0.4, -0.2) is 46.5 Å². The van der Waals surface area contributed by atoms with Crippen LogP contribution in [0.4, 0.5) is 10.3 Å². The number of nitrogens with zero attached hydrogens (tertiary/aromatic N) is 3. The van der Waals surface area contributed by atoms with Gasteiger partial charge in [0.05, 0.1) is 25.8 Å². The van der Waals surface area contributed by atoms with Crippen LogP contribution >= 0.6 is 0 Å². The molecule has 7 nitrogen and oxygen atoms in total. The first kappa shape index (κ1) is 26.6. The Bertz CT molecular complexity index is 1370. The quantitative estimate of drug-likeness (QED) is 0.309. The molecule has 8 heteroatoms. The van der Waals surface area contributed by atoms with Crippen LogP contribution in [0, 0.1) is 11.7 Å². The molecule has 0 bridgehead atoms. The Labute approximate surface area is 221 Å². The summed E-state index contributed by atoms with van der Waals surface area (Å²) in [6.45, 7) is 4.36. The second-order valence-corrected chi connectivity index (χ2v) is 9.40. The van der Waals surface area contributed by atoms with E-state index in [9.17, 15) is 14.0 Å². The van der Waals surface area contributed by atoms with Gasteiger partial charge in [-0.25, -0.2) is 9.37 Å². The molecule has 0 spiro atoms. The van der Waals surface area contributed by atoms with Gasteiger partial charge in [-0.15, -0.1) is 0 Å². The Balaban J connectivity index is 1.58. The molecule has 4 rings (SSSR count). The summed E-state index contributed by atoms with van der Waals surface area (Å²) in [6.07, 6.45) is 1.99. The first-order chi connectivity index (χ1) is 18.3. The maximum Gasteiger partial charge on any atom is 0.246 e. The molecule has 0 unspecified atom stereocenters. The number of amides is 2. The predicted octanol–water partition coefficient (Wildman–Crippen LogP) is 5.35. The van der Waals surface area contributed by atoms with Crippen LogP contribution in [-0.2, 0) is 16.0 Å². The predicted molar refractivity (Wildman–Crippen MR) is 146 cm³/mol. The maximum atomic E-state index is 13.5. The molecule has 0 saturated heterocycles.